The first kappa shape index (κ1) is 17.7. The Morgan fingerprint density at radius 3 is 2.63 bits per heavy atom. The van der Waals surface area contributed by atoms with Gasteiger partial charge >= 0.3 is 0 Å². The quantitative estimate of drug-likeness (QED) is 0.350. The van der Waals surface area contributed by atoms with E-state index in [0.29, 0.717) is 0 Å². The molecule has 0 unspecified atom stereocenters. The largest absolute Gasteiger partial charge is 0.494 e. The van der Waals surface area contributed by atoms with E-state index in [4.69, 9.17) is 14.2 Å². The van der Waals surface area contributed by atoms with Crippen LogP contribution in [-0.4, -0.2) is 16.7 Å². The van der Waals surface area contributed by atoms with Crippen LogP contribution in [0, 0.1) is 6.92 Å². The zero-order valence-electron chi connectivity index (χ0n) is 15.4. The molecule has 2 aromatic carbocycles. The molecule has 0 spiro atoms. The maximum Gasteiger partial charge on any atom is 0.136 e. The number of unbranched alkanes of at least 4 members (excludes halogenated alkanes) is 2. The van der Waals surface area contributed by atoms with E-state index in [0.717, 1.165) is 65.6 Å². The molecule has 0 atom stereocenters. The van der Waals surface area contributed by atoms with Gasteiger partial charge in [0.2, 0.25) is 0 Å². The molecule has 0 aliphatic carbocycles. The van der Waals surface area contributed by atoms with Crippen LogP contribution in [0.2, 0.25) is 0 Å². The average molecular weight is 378 g/mol. The Labute approximate surface area is 162 Å². The molecule has 0 radical (unpaired) electrons. The Kier molecular flexibility index (Phi) is 5.49. The Morgan fingerprint density at radius 2 is 1.85 bits per heavy atom. The molecule has 0 amide bonds. The molecule has 4 rings (SSSR count). The third-order valence-electron chi connectivity index (χ3n) is 4.41. The Hall–Kier alpha value is -2.66. The van der Waals surface area contributed by atoms with Crippen LogP contribution < -0.4 is 4.74 Å². The second-order valence-electron chi connectivity index (χ2n) is 6.60. The van der Waals surface area contributed by atoms with Gasteiger partial charge in [-0.1, -0.05) is 17.3 Å². The van der Waals surface area contributed by atoms with Gasteiger partial charge in [0.25, 0.3) is 0 Å². The molecule has 4 nitrogen and oxygen atoms in total. The van der Waals surface area contributed by atoms with Gasteiger partial charge in [0.1, 0.15) is 16.5 Å². The Balaban J connectivity index is 1.23. The maximum atomic E-state index is 5.86. The van der Waals surface area contributed by atoms with E-state index in [1.807, 2.05) is 37.3 Å². The van der Waals surface area contributed by atoms with Gasteiger partial charge in [-0.25, -0.2) is 4.98 Å². The summed E-state index contributed by atoms with van der Waals surface area (Å²) >= 11 is 1.72. The summed E-state index contributed by atoms with van der Waals surface area (Å²) in [5.41, 5.74) is 3.13. The van der Waals surface area contributed by atoms with E-state index in [1.54, 1.807) is 11.3 Å². The van der Waals surface area contributed by atoms with Crippen molar-refractivity contribution in [2.24, 2.45) is 0 Å². The van der Waals surface area contributed by atoms with Crippen LogP contribution in [0.15, 0.2) is 59.1 Å². The third-order valence-corrected chi connectivity index (χ3v) is 5.49. The number of rotatable bonds is 8. The van der Waals surface area contributed by atoms with Crippen molar-refractivity contribution in [1.82, 2.24) is 10.1 Å². The van der Waals surface area contributed by atoms with E-state index in [-0.39, 0.29) is 0 Å². The molecule has 4 aromatic rings. The average Bonchev–Trinajstić information content (AvgIpc) is 3.31. The van der Waals surface area contributed by atoms with Crippen LogP contribution in [0.5, 0.6) is 5.75 Å². The summed E-state index contributed by atoms with van der Waals surface area (Å²) in [6, 6.07) is 18.5. The lowest BCUT2D eigenvalue weighted by Crippen LogP contribution is -1.97. The van der Waals surface area contributed by atoms with Crippen molar-refractivity contribution >= 4 is 21.6 Å². The summed E-state index contributed by atoms with van der Waals surface area (Å²) in [4.78, 5) is 4.70. The minimum atomic E-state index is 0.732. The summed E-state index contributed by atoms with van der Waals surface area (Å²) in [5.74, 6) is 1.88. The van der Waals surface area contributed by atoms with Gasteiger partial charge in [-0.2, -0.15) is 0 Å². The molecular formula is C22H22N2O2S. The van der Waals surface area contributed by atoms with Gasteiger partial charge in [-0.05, 0) is 62.6 Å². The number of fused-ring (bicyclic) bond motifs is 1. The van der Waals surface area contributed by atoms with Crippen LogP contribution in [-0.2, 0) is 6.42 Å². The predicted octanol–water partition coefficient (Wildman–Crippen LogP) is 6.05. The summed E-state index contributed by atoms with van der Waals surface area (Å²) in [6.07, 6.45) is 4.18. The zero-order valence-corrected chi connectivity index (χ0v) is 16.2. The van der Waals surface area contributed by atoms with Crippen LogP contribution >= 0.6 is 11.3 Å². The molecule has 0 fully saturated rings. The molecule has 0 N–H and O–H groups in total. The normalized spacial score (nSPS) is 11.1. The van der Waals surface area contributed by atoms with Crippen molar-refractivity contribution in [2.75, 3.05) is 6.61 Å². The van der Waals surface area contributed by atoms with Crippen molar-refractivity contribution in [3.63, 3.8) is 0 Å². The van der Waals surface area contributed by atoms with Gasteiger partial charge in [0.15, 0.2) is 0 Å². The smallest absolute Gasteiger partial charge is 0.136 e. The first-order valence-electron chi connectivity index (χ1n) is 9.29. The predicted molar refractivity (Wildman–Crippen MR) is 109 cm³/mol. The van der Waals surface area contributed by atoms with Crippen molar-refractivity contribution < 1.29 is 9.26 Å². The third kappa shape index (κ3) is 4.55. The van der Waals surface area contributed by atoms with Crippen LogP contribution in [0.25, 0.3) is 20.8 Å². The topological polar surface area (TPSA) is 48.2 Å². The van der Waals surface area contributed by atoms with Gasteiger partial charge in [-0.3, -0.25) is 0 Å². The summed E-state index contributed by atoms with van der Waals surface area (Å²) < 4.78 is 12.3. The molecule has 2 aromatic heterocycles. The van der Waals surface area contributed by atoms with E-state index in [1.165, 1.54) is 4.70 Å². The number of nitrogens with zero attached hydrogens (tertiary/aromatic N) is 2. The van der Waals surface area contributed by atoms with Crippen LogP contribution in [0.4, 0.5) is 0 Å². The monoisotopic (exact) mass is 378 g/mol. The number of para-hydroxylation sites is 1. The van der Waals surface area contributed by atoms with Gasteiger partial charge in [0, 0.05) is 18.1 Å². The van der Waals surface area contributed by atoms with Gasteiger partial charge < -0.3 is 9.26 Å². The van der Waals surface area contributed by atoms with E-state index in [9.17, 15) is 0 Å². The molecular weight excluding hydrogens is 356 g/mol. The summed E-state index contributed by atoms with van der Waals surface area (Å²) in [5, 5.41) is 4.96. The van der Waals surface area contributed by atoms with Crippen molar-refractivity contribution in [2.45, 2.75) is 32.6 Å². The highest BCUT2D eigenvalue weighted by Crippen LogP contribution is 2.30. The Bertz CT molecular complexity index is 972. The maximum absolute atomic E-state index is 5.86. The lowest BCUT2D eigenvalue weighted by Gasteiger charge is -2.06. The number of aromatic nitrogens is 2. The van der Waals surface area contributed by atoms with Crippen molar-refractivity contribution in [3.05, 3.63) is 66.1 Å². The second-order valence-corrected chi connectivity index (χ2v) is 7.64. The van der Waals surface area contributed by atoms with Gasteiger partial charge in [0.05, 0.1) is 22.5 Å². The lowest BCUT2D eigenvalue weighted by molar-refractivity contribution is 0.303. The molecule has 0 aliphatic rings. The molecule has 27 heavy (non-hydrogen) atoms. The zero-order chi connectivity index (χ0) is 18.5. The van der Waals surface area contributed by atoms with Gasteiger partial charge in [-0.15, -0.1) is 11.3 Å². The van der Waals surface area contributed by atoms with Crippen molar-refractivity contribution in [3.8, 4) is 16.3 Å². The fourth-order valence-electron chi connectivity index (χ4n) is 2.99. The highest BCUT2D eigenvalue weighted by Gasteiger charge is 2.06. The highest BCUT2D eigenvalue weighted by molar-refractivity contribution is 7.21. The summed E-state index contributed by atoms with van der Waals surface area (Å²) in [6.45, 7) is 2.68. The lowest BCUT2D eigenvalue weighted by atomic mass is 10.1. The second kappa shape index (κ2) is 8.35. The highest BCUT2D eigenvalue weighted by atomic mass is 32.1. The van der Waals surface area contributed by atoms with E-state index >= 15 is 0 Å². The van der Waals surface area contributed by atoms with Crippen molar-refractivity contribution in [1.29, 1.82) is 0 Å². The fourth-order valence-corrected chi connectivity index (χ4v) is 3.96. The minimum absolute atomic E-state index is 0.732. The van der Waals surface area contributed by atoms with E-state index in [2.05, 4.69) is 29.4 Å². The number of hydrogen-bond acceptors (Lipinski definition) is 5. The van der Waals surface area contributed by atoms with Crippen LogP contribution in [0.1, 0.15) is 30.7 Å². The molecule has 5 heteroatoms. The minimum Gasteiger partial charge on any atom is -0.494 e. The number of thiazole rings is 1. The SMILES string of the molecule is Cc1cc(CCCCCOc2ccc(-c3nc4ccccc4s3)cc2)on1. The molecule has 0 aliphatic heterocycles. The summed E-state index contributed by atoms with van der Waals surface area (Å²) in [7, 11) is 0. The van der Waals surface area contributed by atoms with Crippen LogP contribution in [0.3, 0.4) is 0 Å². The first-order chi connectivity index (χ1) is 13.3. The molecule has 0 saturated carbocycles. The van der Waals surface area contributed by atoms with E-state index < -0.39 is 0 Å². The Morgan fingerprint density at radius 1 is 1.00 bits per heavy atom. The first-order valence-corrected chi connectivity index (χ1v) is 10.1. The number of ether oxygens (including phenoxy) is 1. The molecule has 138 valence electrons. The number of benzene rings is 2. The fraction of sp³-hybridized carbons (Fsp3) is 0.273. The number of hydrogen-bond donors (Lipinski definition) is 0. The number of aryl methyl sites for hydroxylation is 2. The molecule has 0 saturated heterocycles. The standard InChI is InChI=1S/C22H22N2O2S/c1-16-15-19(26-24-16)7-3-2-6-14-25-18-12-10-17(11-13-18)22-23-20-8-4-5-9-21(20)27-22/h4-5,8-13,15H,2-3,6-7,14H2,1H3. The molecule has 0 bridgehead atoms. The molecule has 2 heterocycles.